The molecule has 0 fully saturated rings. The smallest absolute Gasteiger partial charge is 0.261 e. The number of aromatic nitrogens is 2. The molecule has 0 amide bonds. The Balaban J connectivity index is 2.38. The minimum absolute atomic E-state index is 0.253. The van der Waals surface area contributed by atoms with Crippen molar-refractivity contribution in [1.82, 2.24) is 15.1 Å². The minimum atomic E-state index is -2.41. The predicted octanol–water partition coefficient (Wildman–Crippen LogP) is 2.49. The van der Waals surface area contributed by atoms with Crippen LogP contribution in [-0.2, 0) is 24.2 Å². The van der Waals surface area contributed by atoms with Gasteiger partial charge >= 0.3 is 0 Å². The van der Waals surface area contributed by atoms with Gasteiger partial charge in [0.1, 0.15) is 6.61 Å². The molecule has 1 heterocycles. The van der Waals surface area contributed by atoms with Gasteiger partial charge in [-0.25, -0.2) is 8.78 Å². The molecule has 0 saturated heterocycles. The van der Waals surface area contributed by atoms with Gasteiger partial charge in [0, 0.05) is 19.6 Å². The Hall–Kier alpha value is -0.720. The van der Waals surface area contributed by atoms with Crippen LogP contribution in [0, 0.1) is 0 Å². The second kappa shape index (κ2) is 8.45. The number of nitrogens with zero attached hydrogens (tertiary/aromatic N) is 2. The highest BCUT2D eigenvalue weighted by molar-refractivity contribution is 6.31. The Bertz CT molecular complexity index is 385. The zero-order chi connectivity index (χ0) is 14.3. The summed E-state index contributed by atoms with van der Waals surface area (Å²) in [6.45, 7) is 5.54. The average Bonchev–Trinajstić information content (AvgIpc) is 2.69. The van der Waals surface area contributed by atoms with Crippen LogP contribution in [-0.4, -0.2) is 36.0 Å². The molecule has 7 heteroatoms. The van der Waals surface area contributed by atoms with Gasteiger partial charge in [0.15, 0.2) is 0 Å². The Morgan fingerprint density at radius 2 is 2.16 bits per heavy atom. The Labute approximate surface area is 117 Å². The molecule has 1 aromatic rings. The summed E-state index contributed by atoms with van der Waals surface area (Å²) in [4.78, 5) is 0. The molecule has 0 spiro atoms. The summed E-state index contributed by atoms with van der Waals surface area (Å²) < 4.78 is 30.3. The summed E-state index contributed by atoms with van der Waals surface area (Å²) in [7, 11) is 0. The van der Waals surface area contributed by atoms with Gasteiger partial charge in [-0.3, -0.25) is 4.68 Å². The predicted molar refractivity (Wildman–Crippen MR) is 70.8 cm³/mol. The number of nitrogens with one attached hydrogen (secondary N) is 1. The van der Waals surface area contributed by atoms with E-state index in [1.54, 1.807) is 0 Å². The zero-order valence-electron chi connectivity index (χ0n) is 11.3. The maximum Gasteiger partial charge on any atom is 0.261 e. The van der Waals surface area contributed by atoms with Gasteiger partial charge in [0.05, 0.1) is 23.0 Å². The van der Waals surface area contributed by atoms with Gasteiger partial charge < -0.3 is 10.1 Å². The number of halogens is 3. The second-order valence-electron chi connectivity index (χ2n) is 4.02. The van der Waals surface area contributed by atoms with Crippen molar-refractivity contribution in [2.45, 2.75) is 39.8 Å². The summed E-state index contributed by atoms with van der Waals surface area (Å²) in [5, 5.41) is 8.20. The molecule has 0 saturated carbocycles. The number of alkyl halides is 2. The standard InChI is InChI=1S/C12H20ClF2N3O/c1-3-9-12(13)10(18(4-2)17-9)7-16-5-6-19-8-11(14)15/h11,16H,3-8H2,1-2H3. The summed E-state index contributed by atoms with van der Waals surface area (Å²) in [6.07, 6.45) is -1.63. The quantitative estimate of drug-likeness (QED) is 0.712. The van der Waals surface area contributed by atoms with E-state index in [4.69, 9.17) is 16.3 Å². The number of rotatable bonds is 9. The average molecular weight is 296 g/mol. The lowest BCUT2D eigenvalue weighted by Gasteiger charge is -2.08. The van der Waals surface area contributed by atoms with Crippen molar-refractivity contribution in [3.63, 3.8) is 0 Å². The number of aryl methyl sites for hydroxylation is 2. The van der Waals surface area contributed by atoms with Crippen LogP contribution in [0.25, 0.3) is 0 Å². The van der Waals surface area contributed by atoms with Crippen molar-refractivity contribution in [3.05, 3.63) is 16.4 Å². The molecular weight excluding hydrogens is 276 g/mol. The largest absolute Gasteiger partial charge is 0.374 e. The van der Waals surface area contributed by atoms with Crippen LogP contribution < -0.4 is 5.32 Å². The van der Waals surface area contributed by atoms with E-state index in [2.05, 4.69) is 10.4 Å². The molecule has 110 valence electrons. The monoisotopic (exact) mass is 295 g/mol. The van der Waals surface area contributed by atoms with Crippen molar-refractivity contribution in [1.29, 1.82) is 0 Å². The lowest BCUT2D eigenvalue weighted by molar-refractivity contribution is 0.0187. The molecule has 0 bridgehead atoms. The Kier molecular flexibility index (Phi) is 7.27. The van der Waals surface area contributed by atoms with E-state index in [1.165, 1.54) is 0 Å². The highest BCUT2D eigenvalue weighted by Crippen LogP contribution is 2.21. The first kappa shape index (κ1) is 16.3. The van der Waals surface area contributed by atoms with E-state index < -0.39 is 13.0 Å². The van der Waals surface area contributed by atoms with Gasteiger partial charge in [-0.2, -0.15) is 5.10 Å². The van der Waals surface area contributed by atoms with Crippen molar-refractivity contribution in [3.8, 4) is 0 Å². The van der Waals surface area contributed by atoms with Gasteiger partial charge in [-0.05, 0) is 13.3 Å². The molecule has 1 rings (SSSR count). The maximum atomic E-state index is 11.8. The van der Waals surface area contributed by atoms with Crippen LogP contribution in [0.15, 0.2) is 0 Å². The Morgan fingerprint density at radius 3 is 2.74 bits per heavy atom. The molecule has 1 N–H and O–H groups in total. The summed E-state index contributed by atoms with van der Waals surface area (Å²) >= 11 is 6.24. The van der Waals surface area contributed by atoms with Gasteiger partial charge in [-0.15, -0.1) is 0 Å². The van der Waals surface area contributed by atoms with Crippen LogP contribution >= 0.6 is 11.6 Å². The fourth-order valence-corrected chi connectivity index (χ4v) is 2.05. The number of ether oxygens (including phenoxy) is 1. The molecule has 0 atom stereocenters. The zero-order valence-corrected chi connectivity index (χ0v) is 12.0. The minimum Gasteiger partial charge on any atom is -0.374 e. The third kappa shape index (κ3) is 5.04. The molecule has 0 aliphatic rings. The van der Waals surface area contributed by atoms with E-state index in [0.717, 1.165) is 24.4 Å². The molecule has 4 nitrogen and oxygen atoms in total. The van der Waals surface area contributed by atoms with E-state index in [0.29, 0.717) is 18.1 Å². The summed E-state index contributed by atoms with van der Waals surface area (Å²) in [5.41, 5.74) is 1.81. The van der Waals surface area contributed by atoms with Crippen LogP contribution in [0.2, 0.25) is 5.02 Å². The van der Waals surface area contributed by atoms with Crippen LogP contribution in [0.1, 0.15) is 25.2 Å². The Morgan fingerprint density at radius 1 is 1.42 bits per heavy atom. The van der Waals surface area contributed by atoms with Crippen LogP contribution in [0.4, 0.5) is 8.78 Å². The van der Waals surface area contributed by atoms with Gasteiger partial charge in [0.2, 0.25) is 0 Å². The lowest BCUT2D eigenvalue weighted by atomic mass is 10.3. The maximum absolute atomic E-state index is 11.8. The second-order valence-corrected chi connectivity index (χ2v) is 4.40. The molecule has 19 heavy (non-hydrogen) atoms. The van der Waals surface area contributed by atoms with Crippen molar-refractivity contribution in [2.75, 3.05) is 19.8 Å². The number of hydrogen-bond acceptors (Lipinski definition) is 3. The highest BCUT2D eigenvalue weighted by atomic mass is 35.5. The fraction of sp³-hybridized carbons (Fsp3) is 0.750. The van der Waals surface area contributed by atoms with Crippen molar-refractivity contribution in [2.24, 2.45) is 0 Å². The van der Waals surface area contributed by atoms with Crippen molar-refractivity contribution >= 4 is 11.6 Å². The molecule has 0 radical (unpaired) electrons. The SMILES string of the molecule is CCc1nn(CC)c(CNCCOCC(F)F)c1Cl. The molecule has 0 aliphatic carbocycles. The van der Waals surface area contributed by atoms with E-state index in [9.17, 15) is 8.78 Å². The van der Waals surface area contributed by atoms with Crippen LogP contribution in [0.3, 0.4) is 0 Å². The highest BCUT2D eigenvalue weighted by Gasteiger charge is 2.13. The van der Waals surface area contributed by atoms with Crippen molar-refractivity contribution < 1.29 is 13.5 Å². The molecule has 1 aromatic heterocycles. The van der Waals surface area contributed by atoms with Crippen LogP contribution in [0.5, 0.6) is 0 Å². The third-order valence-electron chi connectivity index (χ3n) is 2.65. The first-order chi connectivity index (χ1) is 9.10. The third-order valence-corrected chi connectivity index (χ3v) is 3.09. The summed E-state index contributed by atoms with van der Waals surface area (Å²) in [6, 6.07) is 0. The first-order valence-electron chi connectivity index (χ1n) is 6.40. The van der Waals surface area contributed by atoms with E-state index in [-0.39, 0.29) is 6.61 Å². The summed E-state index contributed by atoms with van der Waals surface area (Å²) in [5.74, 6) is 0. The molecule has 0 aliphatic heterocycles. The normalized spacial score (nSPS) is 11.5. The first-order valence-corrected chi connectivity index (χ1v) is 6.78. The molecular formula is C12H20ClF2N3O. The number of hydrogen-bond donors (Lipinski definition) is 1. The van der Waals surface area contributed by atoms with Gasteiger partial charge in [-0.1, -0.05) is 18.5 Å². The molecule has 0 unspecified atom stereocenters. The van der Waals surface area contributed by atoms with E-state index >= 15 is 0 Å². The topological polar surface area (TPSA) is 39.1 Å². The lowest BCUT2D eigenvalue weighted by Crippen LogP contribution is -2.22. The fourth-order valence-electron chi connectivity index (χ4n) is 1.71. The van der Waals surface area contributed by atoms with E-state index in [1.807, 2.05) is 18.5 Å². The molecule has 0 aromatic carbocycles. The van der Waals surface area contributed by atoms with Gasteiger partial charge in [0.25, 0.3) is 6.43 Å².